The van der Waals surface area contributed by atoms with Gasteiger partial charge in [0, 0.05) is 16.5 Å². The van der Waals surface area contributed by atoms with Crippen LogP contribution in [0.5, 0.6) is 0 Å². The van der Waals surface area contributed by atoms with Gasteiger partial charge in [0.1, 0.15) is 5.82 Å². The van der Waals surface area contributed by atoms with Gasteiger partial charge < -0.3 is 9.64 Å². The van der Waals surface area contributed by atoms with Crippen LogP contribution in [0, 0.1) is 19.7 Å². The number of piperidine rings is 1. The molecule has 3 rings (SSSR count). The smallest absolute Gasteiger partial charge is 0.254 e. The molecule has 0 N–H and O–H groups in total. The summed E-state index contributed by atoms with van der Waals surface area (Å²) < 4.78 is 19.9. The first-order chi connectivity index (χ1) is 13.0. The van der Waals surface area contributed by atoms with Gasteiger partial charge in [-0.1, -0.05) is 40.3 Å². The Bertz CT molecular complexity index is 797. The molecule has 0 radical (unpaired) electrons. The summed E-state index contributed by atoms with van der Waals surface area (Å²) in [5.41, 5.74) is 3.55. The Morgan fingerprint density at radius 1 is 1.33 bits per heavy atom. The van der Waals surface area contributed by atoms with Crippen LogP contribution in [0.3, 0.4) is 0 Å². The molecule has 2 atom stereocenters. The van der Waals surface area contributed by atoms with Crippen molar-refractivity contribution in [1.82, 2.24) is 9.88 Å². The standard InChI is InChI=1S/C21H24FIN2O2/c1-14-5-6-15(2)18(10-14)21(26)25-9-3-4-20(19(25)11-23)27-13-17-8-7-16(22)12-24-17/h5-8,10,12,19-20H,3-4,9,11,13H2,1-2H3/t19?,20-/m0/s1. The zero-order valence-corrected chi connectivity index (χ0v) is 17.8. The molecule has 0 bridgehead atoms. The van der Waals surface area contributed by atoms with E-state index in [1.54, 1.807) is 6.07 Å². The number of aryl methyl sites for hydroxylation is 2. The molecule has 1 fully saturated rings. The fourth-order valence-corrected chi connectivity index (χ4v) is 4.50. The molecule has 1 saturated heterocycles. The van der Waals surface area contributed by atoms with Crippen molar-refractivity contribution in [3.63, 3.8) is 0 Å². The number of hydrogen-bond acceptors (Lipinski definition) is 3. The lowest BCUT2D eigenvalue weighted by molar-refractivity contribution is -0.0357. The third kappa shape index (κ3) is 4.85. The highest BCUT2D eigenvalue weighted by Gasteiger charge is 2.35. The number of alkyl halides is 1. The molecule has 1 aromatic heterocycles. The van der Waals surface area contributed by atoms with Crippen molar-refractivity contribution in [2.24, 2.45) is 0 Å². The van der Waals surface area contributed by atoms with Crippen molar-refractivity contribution in [2.45, 2.75) is 45.4 Å². The van der Waals surface area contributed by atoms with Crippen LogP contribution in [0.25, 0.3) is 0 Å². The number of ether oxygens (including phenoxy) is 1. The topological polar surface area (TPSA) is 42.4 Å². The number of amides is 1. The van der Waals surface area contributed by atoms with E-state index in [0.717, 1.165) is 40.5 Å². The van der Waals surface area contributed by atoms with Crippen LogP contribution < -0.4 is 0 Å². The van der Waals surface area contributed by atoms with Crippen molar-refractivity contribution >= 4 is 28.5 Å². The maximum atomic E-state index is 13.2. The Hall–Kier alpha value is -1.54. The van der Waals surface area contributed by atoms with Crippen LogP contribution in [0.1, 0.15) is 40.0 Å². The quantitative estimate of drug-likeness (QED) is 0.467. The minimum atomic E-state index is -0.355. The van der Waals surface area contributed by atoms with Crippen LogP contribution in [-0.2, 0) is 11.3 Å². The Kier molecular flexibility index (Phi) is 6.81. The molecule has 1 aliphatic heterocycles. The molecule has 0 aliphatic carbocycles. The van der Waals surface area contributed by atoms with E-state index in [-0.39, 0.29) is 23.9 Å². The molecule has 0 spiro atoms. The van der Waals surface area contributed by atoms with E-state index in [1.165, 1.54) is 12.3 Å². The van der Waals surface area contributed by atoms with Crippen LogP contribution in [0.4, 0.5) is 4.39 Å². The SMILES string of the molecule is Cc1ccc(C)c(C(=O)N2CCC[C@H](OCc3ccc(F)cn3)C2CI)c1. The van der Waals surface area contributed by atoms with Gasteiger partial charge in [0.25, 0.3) is 5.91 Å². The van der Waals surface area contributed by atoms with Crippen molar-refractivity contribution in [3.8, 4) is 0 Å². The minimum absolute atomic E-state index is 0.0206. The predicted molar refractivity (Wildman–Crippen MR) is 112 cm³/mol. The van der Waals surface area contributed by atoms with Gasteiger partial charge in [-0.05, 0) is 50.5 Å². The summed E-state index contributed by atoms with van der Waals surface area (Å²) in [6, 6.07) is 9.04. The van der Waals surface area contributed by atoms with Gasteiger partial charge in [-0.15, -0.1) is 0 Å². The highest BCUT2D eigenvalue weighted by molar-refractivity contribution is 14.1. The molecule has 4 nitrogen and oxygen atoms in total. The Balaban J connectivity index is 1.73. The number of likely N-dealkylation sites (tertiary alicyclic amines) is 1. The number of aromatic nitrogens is 1. The van der Waals surface area contributed by atoms with Crippen molar-refractivity contribution < 1.29 is 13.9 Å². The third-order valence-electron chi connectivity index (χ3n) is 4.99. The third-order valence-corrected chi connectivity index (χ3v) is 5.90. The van der Waals surface area contributed by atoms with Gasteiger partial charge in [-0.2, -0.15) is 0 Å². The highest BCUT2D eigenvalue weighted by Crippen LogP contribution is 2.26. The zero-order chi connectivity index (χ0) is 19.4. The fraction of sp³-hybridized carbons (Fsp3) is 0.429. The van der Waals surface area contributed by atoms with E-state index in [9.17, 15) is 9.18 Å². The number of halogens is 2. The number of carbonyl (C=O) groups is 1. The average molecular weight is 482 g/mol. The first-order valence-electron chi connectivity index (χ1n) is 9.16. The van der Waals surface area contributed by atoms with Crippen molar-refractivity contribution in [1.29, 1.82) is 0 Å². The molecule has 1 aliphatic rings. The Morgan fingerprint density at radius 2 is 2.15 bits per heavy atom. The van der Waals surface area contributed by atoms with E-state index in [0.29, 0.717) is 12.3 Å². The molecule has 1 amide bonds. The first-order valence-corrected chi connectivity index (χ1v) is 10.7. The van der Waals surface area contributed by atoms with E-state index >= 15 is 0 Å². The summed E-state index contributed by atoms with van der Waals surface area (Å²) >= 11 is 2.32. The van der Waals surface area contributed by atoms with Gasteiger partial charge in [0.05, 0.1) is 30.6 Å². The molecular formula is C21H24FIN2O2. The van der Waals surface area contributed by atoms with Gasteiger partial charge >= 0.3 is 0 Å². The number of carbonyl (C=O) groups excluding carboxylic acids is 1. The second-order valence-corrected chi connectivity index (χ2v) is 7.88. The number of benzene rings is 1. The average Bonchev–Trinajstić information content (AvgIpc) is 2.68. The maximum Gasteiger partial charge on any atom is 0.254 e. The van der Waals surface area contributed by atoms with Crippen molar-refractivity contribution in [2.75, 3.05) is 11.0 Å². The number of nitrogens with zero attached hydrogens (tertiary/aromatic N) is 2. The van der Waals surface area contributed by atoms with Crippen molar-refractivity contribution in [3.05, 3.63) is 64.7 Å². The summed E-state index contributed by atoms with van der Waals surface area (Å²) in [7, 11) is 0. The molecular weight excluding hydrogens is 458 g/mol. The highest BCUT2D eigenvalue weighted by atomic mass is 127. The second kappa shape index (κ2) is 9.10. The monoisotopic (exact) mass is 482 g/mol. The van der Waals surface area contributed by atoms with E-state index in [1.807, 2.05) is 36.9 Å². The summed E-state index contributed by atoms with van der Waals surface area (Å²) in [6.45, 7) is 5.05. The lowest BCUT2D eigenvalue weighted by atomic mass is 9.97. The first kappa shape index (κ1) is 20.2. The molecule has 6 heteroatoms. The molecule has 1 unspecified atom stereocenters. The van der Waals surface area contributed by atoms with Crippen LogP contribution in [0.15, 0.2) is 36.5 Å². The summed E-state index contributed by atoms with van der Waals surface area (Å²) in [6.07, 6.45) is 2.97. The predicted octanol–water partition coefficient (Wildman–Crippen LogP) is 4.46. The van der Waals surface area contributed by atoms with Crippen LogP contribution in [-0.4, -0.2) is 38.9 Å². The summed E-state index contributed by atoms with van der Waals surface area (Å²) in [5.74, 6) is -0.280. The fourth-order valence-electron chi connectivity index (χ4n) is 3.46. The number of rotatable bonds is 5. The van der Waals surface area contributed by atoms with Gasteiger partial charge in [-0.3, -0.25) is 9.78 Å². The minimum Gasteiger partial charge on any atom is -0.370 e. The van der Waals surface area contributed by atoms with E-state index in [4.69, 9.17) is 4.74 Å². The number of hydrogen-bond donors (Lipinski definition) is 0. The maximum absolute atomic E-state index is 13.2. The molecule has 2 heterocycles. The van der Waals surface area contributed by atoms with Gasteiger partial charge in [0.15, 0.2) is 0 Å². The summed E-state index contributed by atoms with van der Waals surface area (Å²) in [4.78, 5) is 19.2. The Morgan fingerprint density at radius 3 is 2.85 bits per heavy atom. The number of pyridine rings is 1. The van der Waals surface area contributed by atoms with E-state index in [2.05, 4.69) is 27.6 Å². The summed E-state index contributed by atoms with van der Waals surface area (Å²) in [5, 5.41) is 0. The van der Waals surface area contributed by atoms with Gasteiger partial charge in [-0.25, -0.2) is 4.39 Å². The second-order valence-electron chi connectivity index (χ2n) is 7.00. The zero-order valence-electron chi connectivity index (χ0n) is 15.6. The lowest BCUT2D eigenvalue weighted by Crippen LogP contribution is -2.53. The van der Waals surface area contributed by atoms with Crippen LogP contribution >= 0.6 is 22.6 Å². The molecule has 144 valence electrons. The molecule has 2 aromatic rings. The van der Waals surface area contributed by atoms with Gasteiger partial charge in [0.2, 0.25) is 0 Å². The largest absolute Gasteiger partial charge is 0.370 e. The van der Waals surface area contributed by atoms with Crippen LogP contribution in [0.2, 0.25) is 0 Å². The van der Waals surface area contributed by atoms with E-state index < -0.39 is 0 Å². The normalized spacial score (nSPS) is 19.9. The molecule has 27 heavy (non-hydrogen) atoms. The molecule has 0 saturated carbocycles. The Labute approximate surface area is 173 Å². The molecule has 1 aromatic carbocycles. The lowest BCUT2D eigenvalue weighted by Gasteiger charge is -2.40.